The van der Waals surface area contributed by atoms with E-state index in [1.807, 2.05) is 6.92 Å². The average Bonchev–Trinajstić information content (AvgIpc) is 2.63. The minimum atomic E-state index is -0.275. The van der Waals surface area contributed by atoms with Crippen LogP contribution in [0.15, 0.2) is 12.7 Å². The number of aromatic amines is 1. The van der Waals surface area contributed by atoms with Gasteiger partial charge in [0.2, 0.25) is 5.82 Å². The van der Waals surface area contributed by atoms with Crippen LogP contribution in [-0.2, 0) is 6.42 Å². The summed E-state index contributed by atoms with van der Waals surface area (Å²) in [7, 11) is 0. The van der Waals surface area contributed by atoms with E-state index in [9.17, 15) is 4.79 Å². The normalized spacial score (nSPS) is 9.79. The van der Waals surface area contributed by atoms with Gasteiger partial charge in [-0.15, -0.1) is 11.7 Å². The van der Waals surface area contributed by atoms with Gasteiger partial charge in [0, 0.05) is 13.0 Å². The zero-order valence-corrected chi connectivity index (χ0v) is 8.21. The molecule has 0 atom stereocenters. The predicted molar refractivity (Wildman–Crippen MR) is 52.9 cm³/mol. The smallest absolute Gasteiger partial charge is 0.291 e. The predicted octanol–water partition coefficient (Wildman–Crippen LogP) is 0.673. The van der Waals surface area contributed by atoms with Crippen molar-refractivity contribution in [1.29, 1.82) is 0 Å². The van der Waals surface area contributed by atoms with Gasteiger partial charge in [-0.1, -0.05) is 13.0 Å². The number of amides is 1. The van der Waals surface area contributed by atoms with Gasteiger partial charge in [-0.3, -0.25) is 9.89 Å². The maximum absolute atomic E-state index is 11.3. The summed E-state index contributed by atoms with van der Waals surface area (Å²) in [6.07, 6.45) is 3.39. The molecule has 1 aromatic heterocycles. The Labute approximate surface area is 82.6 Å². The first kappa shape index (κ1) is 10.4. The molecule has 0 saturated heterocycles. The van der Waals surface area contributed by atoms with Crippen molar-refractivity contribution < 1.29 is 4.79 Å². The molecule has 0 spiro atoms. The molecule has 76 valence electrons. The molecule has 1 heterocycles. The van der Waals surface area contributed by atoms with Crippen molar-refractivity contribution in [2.75, 3.05) is 6.54 Å². The van der Waals surface area contributed by atoms with E-state index in [1.54, 1.807) is 6.08 Å². The number of hydrogen-bond donors (Lipinski definition) is 2. The van der Waals surface area contributed by atoms with Crippen LogP contribution in [-0.4, -0.2) is 27.6 Å². The highest BCUT2D eigenvalue weighted by molar-refractivity contribution is 5.90. The van der Waals surface area contributed by atoms with Gasteiger partial charge in [0.05, 0.1) is 0 Å². The first-order valence-corrected chi connectivity index (χ1v) is 4.58. The van der Waals surface area contributed by atoms with E-state index in [2.05, 4.69) is 27.1 Å². The van der Waals surface area contributed by atoms with Crippen molar-refractivity contribution in [1.82, 2.24) is 20.5 Å². The molecular weight excluding hydrogens is 180 g/mol. The number of carbonyl (C=O) groups excluding carboxylic acids is 1. The van der Waals surface area contributed by atoms with Crippen molar-refractivity contribution in [3.8, 4) is 0 Å². The lowest BCUT2D eigenvalue weighted by atomic mass is 10.3. The van der Waals surface area contributed by atoms with Crippen molar-refractivity contribution in [2.45, 2.75) is 19.8 Å². The number of hydrogen-bond acceptors (Lipinski definition) is 3. The quantitative estimate of drug-likeness (QED) is 0.677. The van der Waals surface area contributed by atoms with Gasteiger partial charge in [0.15, 0.2) is 0 Å². The summed E-state index contributed by atoms with van der Waals surface area (Å²) in [5.41, 5.74) is 0. The second kappa shape index (κ2) is 5.16. The number of aryl methyl sites for hydroxylation is 1. The second-order valence-electron chi connectivity index (χ2n) is 2.85. The Hall–Kier alpha value is -1.65. The van der Waals surface area contributed by atoms with Crippen LogP contribution in [0.3, 0.4) is 0 Å². The standard InChI is InChI=1S/C9H14N4O/c1-3-5-7-11-8(13-12-7)9(14)10-6-4-2/h4H,2-3,5-6H2,1H3,(H,10,14)(H,11,12,13). The van der Waals surface area contributed by atoms with E-state index in [4.69, 9.17) is 0 Å². The molecule has 0 saturated carbocycles. The summed E-state index contributed by atoms with van der Waals surface area (Å²) in [6, 6.07) is 0. The van der Waals surface area contributed by atoms with E-state index in [-0.39, 0.29) is 11.7 Å². The largest absolute Gasteiger partial charge is 0.346 e. The van der Waals surface area contributed by atoms with Crippen molar-refractivity contribution >= 4 is 5.91 Å². The Morgan fingerprint density at radius 3 is 3.14 bits per heavy atom. The minimum absolute atomic E-state index is 0.190. The molecule has 14 heavy (non-hydrogen) atoms. The van der Waals surface area contributed by atoms with E-state index in [0.29, 0.717) is 6.54 Å². The molecule has 0 bridgehead atoms. The molecule has 0 aliphatic rings. The summed E-state index contributed by atoms with van der Waals surface area (Å²) < 4.78 is 0. The maximum Gasteiger partial charge on any atom is 0.291 e. The first-order valence-electron chi connectivity index (χ1n) is 4.58. The summed E-state index contributed by atoms with van der Waals surface area (Å²) in [4.78, 5) is 15.4. The number of nitrogens with zero attached hydrogens (tertiary/aromatic N) is 2. The third-order valence-corrected chi connectivity index (χ3v) is 1.63. The molecule has 5 nitrogen and oxygen atoms in total. The lowest BCUT2D eigenvalue weighted by Gasteiger charge is -1.95. The molecular formula is C9H14N4O. The monoisotopic (exact) mass is 194 g/mol. The fourth-order valence-corrected chi connectivity index (χ4v) is 0.989. The molecule has 0 unspecified atom stereocenters. The molecule has 1 amide bonds. The molecule has 2 N–H and O–H groups in total. The summed E-state index contributed by atoms with van der Waals surface area (Å²) in [6.45, 7) is 5.97. The van der Waals surface area contributed by atoms with E-state index < -0.39 is 0 Å². The molecule has 0 aliphatic heterocycles. The zero-order chi connectivity index (χ0) is 10.4. The summed E-state index contributed by atoms with van der Waals surface area (Å²) in [5, 5.41) is 9.12. The summed E-state index contributed by atoms with van der Waals surface area (Å²) >= 11 is 0. The highest BCUT2D eigenvalue weighted by Crippen LogP contribution is 1.96. The van der Waals surface area contributed by atoms with Gasteiger partial charge < -0.3 is 5.32 Å². The van der Waals surface area contributed by atoms with Crippen LogP contribution in [0.1, 0.15) is 29.8 Å². The van der Waals surface area contributed by atoms with Gasteiger partial charge in [0.25, 0.3) is 5.91 Å². The van der Waals surface area contributed by atoms with Crippen LogP contribution in [0.4, 0.5) is 0 Å². The SMILES string of the molecule is C=CCNC(=O)c1n[nH]c(CCC)n1. The van der Waals surface area contributed by atoms with Crippen LogP contribution in [0.5, 0.6) is 0 Å². The molecule has 0 fully saturated rings. The van der Waals surface area contributed by atoms with Gasteiger partial charge in [-0.25, -0.2) is 4.98 Å². The Kier molecular flexibility index (Phi) is 3.84. The van der Waals surface area contributed by atoms with E-state index in [1.165, 1.54) is 0 Å². The van der Waals surface area contributed by atoms with Crippen molar-refractivity contribution in [3.63, 3.8) is 0 Å². The van der Waals surface area contributed by atoms with Gasteiger partial charge in [-0.05, 0) is 6.42 Å². The molecule has 5 heteroatoms. The highest BCUT2D eigenvalue weighted by atomic mass is 16.2. The minimum Gasteiger partial charge on any atom is -0.346 e. The number of carbonyl (C=O) groups is 1. The summed E-state index contributed by atoms with van der Waals surface area (Å²) in [5.74, 6) is 0.662. The van der Waals surface area contributed by atoms with E-state index in [0.717, 1.165) is 18.7 Å². The zero-order valence-electron chi connectivity index (χ0n) is 8.21. The first-order chi connectivity index (χ1) is 6.77. The van der Waals surface area contributed by atoms with Gasteiger partial charge in [0.1, 0.15) is 5.82 Å². The Morgan fingerprint density at radius 2 is 2.50 bits per heavy atom. The Bertz CT molecular complexity index is 318. The van der Waals surface area contributed by atoms with Crippen molar-refractivity contribution in [3.05, 3.63) is 24.3 Å². The van der Waals surface area contributed by atoms with Crippen LogP contribution in [0, 0.1) is 0 Å². The molecule has 1 rings (SSSR count). The van der Waals surface area contributed by atoms with Crippen LogP contribution >= 0.6 is 0 Å². The Morgan fingerprint density at radius 1 is 1.71 bits per heavy atom. The number of nitrogens with one attached hydrogen (secondary N) is 2. The number of aromatic nitrogens is 3. The Balaban J connectivity index is 2.57. The number of rotatable bonds is 5. The molecule has 0 aromatic carbocycles. The second-order valence-corrected chi connectivity index (χ2v) is 2.85. The lowest BCUT2D eigenvalue weighted by molar-refractivity contribution is 0.0948. The molecule has 1 aromatic rings. The third-order valence-electron chi connectivity index (χ3n) is 1.63. The highest BCUT2D eigenvalue weighted by Gasteiger charge is 2.10. The number of H-pyrrole nitrogens is 1. The van der Waals surface area contributed by atoms with E-state index >= 15 is 0 Å². The van der Waals surface area contributed by atoms with Gasteiger partial charge in [-0.2, -0.15) is 0 Å². The third kappa shape index (κ3) is 2.69. The van der Waals surface area contributed by atoms with Crippen LogP contribution in [0.25, 0.3) is 0 Å². The van der Waals surface area contributed by atoms with Crippen LogP contribution in [0.2, 0.25) is 0 Å². The van der Waals surface area contributed by atoms with Gasteiger partial charge >= 0.3 is 0 Å². The molecule has 0 radical (unpaired) electrons. The fraction of sp³-hybridized carbons (Fsp3) is 0.444. The lowest BCUT2D eigenvalue weighted by Crippen LogP contribution is -2.24. The topological polar surface area (TPSA) is 70.7 Å². The van der Waals surface area contributed by atoms with Crippen molar-refractivity contribution in [2.24, 2.45) is 0 Å². The average molecular weight is 194 g/mol. The fourth-order valence-electron chi connectivity index (χ4n) is 0.989. The van der Waals surface area contributed by atoms with Crippen LogP contribution < -0.4 is 5.32 Å². The maximum atomic E-state index is 11.3. The molecule has 0 aliphatic carbocycles.